The maximum Gasteiger partial charge on any atom is 0.270 e. The summed E-state index contributed by atoms with van der Waals surface area (Å²) in [5, 5.41) is 15.2. The molecule has 0 saturated carbocycles. The third kappa shape index (κ3) is 2.66. The molecule has 0 aliphatic carbocycles. The summed E-state index contributed by atoms with van der Waals surface area (Å²) >= 11 is 12.1. The van der Waals surface area contributed by atoms with Crippen LogP contribution in [0, 0.1) is 10.1 Å². The summed E-state index contributed by atoms with van der Waals surface area (Å²) in [6.45, 7) is 0. The van der Waals surface area contributed by atoms with Gasteiger partial charge in [-0.15, -0.1) is 0 Å². The Kier molecular flexibility index (Phi) is 3.79. The minimum Gasteiger partial charge on any atom is -0.334 e. The minimum atomic E-state index is -0.527. The van der Waals surface area contributed by atoms with E-state index in [1.807, 2.05) is 0 Å². The molecule has 0 radical (unpaired) electrons. The Morgan fingerprint density at radius 1 is 1.05 bits per heavy atom. The van der Waals surface area contributed by atoms with Crippen LogP contribution in [0.4, 0.5) is 5.69 Å². The second kappa shape index (κ2) is 5.75. The van der Waals surface area contributed by atoms with Gasteiger partial charge in [-0.2, -0.15) is 4.98 Å². The maximum absolute atomic E-state index is 10.7. The van der Waals surface area contributed by atoms with Crippen LogP contribution in [0.15, 0.2) is 47.0 Å². The molecule has 1 aromatic heterocycles. The molecule has 3 aromatic rings. The third-order valence-corrected chi connectivity index (χ3v) is 3.58. The van der Waals surface area contributed by atoms with Gasteiger partial charge in [0.15, 0.2) is 0 Å². The third-order valence-electron chi connectivity index (χ3n) is 2.93. The summed E-state index contributed by atoms with van der Waals surface area (Å²) in [5.74, 6) is 0.477. The number of hydrogen-bond acceptors (Lipinski definition) is 5. The van der Waals surface area contributed by atoms with Crippen molar-refractivity contribution in [2.75, 3.05) is 0 Å². The number of halogens is 2. The monoisotopic (exact) mass is 335 g/mol. The van der Waals surface area contributed by atoms with Gasteiger partial charge in [-0.25, -0.2) is 0 Å². The van der Waals surface area contributed by atoms with Crippen molar-refractivity contribution in [3.05, 3.63) is 62.6 Å². The molecule has 0 unspecified atom stereocenters. The van der Waals surface area contributed by atoms with Crippen molar-refractivity contribution in [2.24, 2.45) is 0 Å². The first-order chi connectivity index (χ1) is 10.6. The summed E-state index contributed by atoms with van der Waals surface area (Å²) in [6.07, 6.45) is 0. The van der Waals surface area contributed by atoms with Crippen LogP contribution in [0.25, 0.3) is 22.8 Å². The van der Waals surface area contributed by atoms with Gasteiger partial charge in [-0.3, -0.25) is 10.1 Å². The van der Waals surface area contributed by atoms with Crippen molar-refractivity contribution < 1.29 is 9.45 Å². The van der Waals surface area contributed by atoms with Crippen molar-refractivity contribution in [2.45, 2.75) is 0 Å². The van der Waals surface area contributed by atoms with Crippen molar-refractivity contribution in [3.8, 4) is 22.8 Å². The zero-order valence-corrected chi connectivity index (χ0v) is 12.4. The van der Waals surface area contributed by atoms with Crippen LogP contribution in [0.3, 0.4) is 0 Å². The first kappa shape index (κ1) is 14.5. The van der Waals surface area contributed by atoms with Gasteiger partial charge in [0.25, 0.3) is 11.6 Å². The molecular formula is C14H7Cl2N3O3. The normalized spacial score (nSPS) is 10.6. The highest BCUT2D eigenvalue weighted by atomic mass is 35.5. The molecule has 0 atom stereocenters. The summed E-state index contributed by atoms with van der Waals surface area (Å²) in [7, 11) is 0. The first-order valence-corrected chi connectivity index (χ1v) is 6.85. The van der Waals surface area contributed by atoms with Crippen molar-refractivity contribution in [1.29, 1.82) is 0 Å². The molecule has 0 aliphatic heterocycles. The second-order valence-electron chi connectivity index (χ2n) is 4.32. The van der Waals surface area contributed by atoms with Gasteiger partial charge in [0.05, 0.1) is 20.5 Å². The molecular weight excluding hydrogens is 329 g/mol. The molecule has 3 rings (SSSR count). The number of rotatable bonds is 3. The van der Waals surface area contributed by atoms with E-state index in [4.69, 9.17) is 27.7 Å². The van der Waals surface area contributed by atoms with E-state index < -0.39 is 4.92 Å². The first-order valence-electron chi connectivity index (χ1n) is 6.09. The topological polar surface area (TPSA) is 82.1 Å². The van der Waals surface area contributed by atoms with E-state index in [1.165, 1.54) is 18.2 Å². The predicted octanol–water partition coefficient (Wildman–Crippen LogP) is 4.62. The van der Waals surface area contributed by atoms with Crippen LogP contribution in [0.1, 0.15) is 0 Å². The van der Waals surface area contributed by atoms with Crippen LogP contribution in [-0.2, 0) is 0 Å². The number of non-ortho nitro benzene ring substituents is 1. The van der Waals surface area contributed by atoms with E-state index in [9.17, 15) is 10.1 Å². The van der Waals surface area contributed by atoms with Gasteiger partial charge >= 0.3 is 0 Å². The zero-order valence-electron chi connectivity index (χ0n) is 10.9. The van der Waals surface area contributed by atoms with E-state index in [0.717, 1.165) is 0 Å². The van der Waals surface area contributed by atoms with Crippen LogP contribution < -0.4 is 0 Å². The average molecular weight is 336 g/mol. The van der Waals surface area contributed by atoms with Crippen LogP contribution in [0.5, 0.6) is 0 Å². The molecule has 0 amide bonds. The molecule has 0 fully saturated rings. The summed E-state index contributed by atoms with van der Waals surface area (Å²) in [6, 6.07) is 11.1. The summed E-state index contributed by atoms with van der Waals surface area (Å²) < 4.78 is 5.18. The lowest BCUT2D eigenvalue weighted by atomic mass is 10.2. The number of nitro benzene ring substituents is 1. The Labute approximate surface area is 134 Å². The molecule has 2 aromatic carbocycles. The lowest BCUT2D eigenvalue weighted by Gasteiger charge is -1.98. The smallest absolute Gasteiger partial charge is 0.270 e. The molecule has 0 saturated heterocycles. The van der Waals surface area contributed by atoms with E-state index in [0.29, 0.717) is 16.1 Å². The molecule has 0 aliphatic rings. The minimum absolute atomic E-state index is 0.108. The Morgan fingerprint density at radius 2 is 1.82 bits per heavy atom. The van der Waals surface area contributed by atoms with Gasteiger partial charge in [-0.1, -0.05) is 40.5 Å². The van der Waals surface area contributed by atoms with E-state index in [1.54, 1.807) is 24.3 Å². The molecule has 0 spiro atoms. The molecule has 1 heterocycles. The number of nitrogens with zero attached hydrogens (tertiary/aromatic N) is 3. The van der Waals surface area contributed by atoms with Crippen molar-refractivity contribution >= 4 is 28.9 Å². The highest BCUT2D eigenvalue weighted by Gasteiger charge is 2.17. The fourth-order valence-corrected chi connectivity index (χ4v) is 2.35. The Balaban J connectivity index is 2.01. The van der Waals surface area contributed by atoms with Crippen molar-refractivity contribution in [3.63, 3.8) is 0 Å². The number of benzene rings is 2. The molecule has 0 N–H and O–H groups in total. The largest absolute Gasteiger partial charge is 0.334 e. The van der Waals surface area contributed by atoms with Gasteiger partial charge in [0, 0.05) is 17.7 Å². The predicted molar refractivity (Wildman–Crippen MR) is 81.8 cm³/mol. The van der Waals surface area contributed by atoms with Gasteiger partial charge in [0.1, 0.15) is 0 Å². The van der Waals surface area contributed by atoms with Gasteiger partial charge < -0.3 is 4.52 Å². The van der Waals surface area contributed by atoms with Gasteiger partial charge in [-0.05, 0) is 18.2 Å². The lowest BCUT2D eigenvalue weighted by molar-refractivity contribution is -0.384. The van der Waals surface area contributed by atoms with Crippen molar-refractivity contribution in [1.82, 2.24) is 10.1 Å². The fraction of sp³-hybridized carbons (Fsp3) is 0. The zero-order chi connectivity index (χ0) is 15.7. The Morgan fingerprint density at radius 3 is 2.50 bits per heavy atom. The molecule has 22 heavy (non-hydrogen) atoms. The molecule has 8 heteroatoms. The Bertz CT molecular complexity index is 864. The highest BCUT2D eigenvalue weighted by molar-refractivity contribution is 6.33. The standard InChI is InChI=1S/C14H7Cl2N3O3/c15-11-4-2-1-3-10(11)14-17-13(18-22-14)9-6-5-8(19(20)21)7-12(9)16/h1-7H. The number of hydrogen-bond donors (Lipinski definition) is 0. The lowest BCUT2D eigenvalue weighted by Crippen LogP contribution is -1.89. The average Bonchev–Trinajstić information content (AvgIpc) is 2.97. The molecule has 0 bridgehead atoms. The number of nitro groups is 1. The SMILES string of the molecule is O=[N+]([O-])c1ccc(-c2noc(-c3ccccc3Cl)n2)c(Cl)c1. The van der Waals surface area contributed by atoms with E-state index in [2.05, 4.69) is 10.1 Å². The quantitative estimate of drug-likeness (QED) is 0.515. The Hall–Kier alpha value is -2.44. The fourth-order valence-electron chi connectivity index (χ4n) is 1.88. The van der Waals surface area contributed by atoms with E-state index in [-0.39, 0.29) is 22.4 Å². The highest BCUT2D eigenvalue weighted by Crippen LogP contribution is 2.32. The molecule has 110 valence electrons. The van der Waals surface area contributed by atoms with Crippen LogP contribution >= 0.6 is 23.2 Å². The maximum atomic E-state index is 10.7. The van der Waals surface area contributed by atoms with Crippen LogP contribution in [-0.4, -0.2) is 15.1 Å². The summed E-state index contributed by atoms with van der Waals surface area (Å²) in [5.41, 5.74) is 0.929. The van der Waals surface area contributed by atoms with Gasteiger partial charge in [0.2, 0.25) is 5.82 Å². The summed E-state index contributed by atoms with van der Waals surface area (Å²) in [4.78, 5) is 14.4. The number of aromatic nitrogens is 2. The second-order valence-corrected chi connectivity index (χ2v) is 5.14. The van der Waals surface area contributed by atoms with E-state index >= 15 is 0 Å². The van der Waals surface area contributed by atoms with Crippen LogP contribution in [0.2, 0.25) is 10.0 Å². The molecule has 6 nitrogen and oxygen atoms in total.